The van der Waals surface area contributed by atoms with E-state index < -0.39 is 21.9 Å². The van der Waals surface area contributed by atoms with Crippen LogP contribution in [0.15, 0.2) is 59.5 Å². The summed E-state index contributed by atoms with van der Waals surface area (Å²) < 4.78 is 37.0. The predicted octanol–water partition coefficient (Wildman–Crippen LogP) is 1.73. The maximum Gasteiger partial charge on any atom is 0.325 e. The second kappa shape index (κ2) is 10.6. The van der Waals surface area contributed by atoms with Gasteiger partial charge in [0.1, 0.15) is 25.5 Å². The van der Waals surface area contributed by atoms with E-state index >= 15 is 0 Å². The summed E-state index contributed by atoms with van der Waals surface area (Å²) >= 11 is 0. The smallest absolute Gasteiger partial charge is 0.325 e. The summed E-state index contributed by atoms with van der Waals surface area (Å²) in [5, 5.41) is 2.43. The minimum Gasteiger partial charge on any atom is -0.490 e. The summed E-state index contributed by atoms with van der Waals surface area (Å²) in [4.78, 5) is 23.8. The molecule has 0 heterocycles. The summed E-state index contributed by atoms with van der Waals surface area (Å²) in [5.74, 6) is -0.440. The van der Waals surface area contributed by atoms with Crippen molar-refractivity contribution >= 4 is 21.9 Å². The van der Waals surface area contributed by atoms with E-state index in [2.05, 4.69) is 10.0 Å². The largest absolute Gasteiger partial charge is 0.490 e. The number of esters is 1. The van der Waals surface area contributed by atoms with Gasteiger partial charge in [0.15, 0.2) is 0 Å². The minimum absolute atomic E-state index is 0.0546. The molecular formula is C20H24N2O6S. The van der Waals surface area contributed by atoms with E-state index in [0.29, 0.717) is 5.75 Å². The van der Waals surface area contributed by atoms with Crippen molar-refractivity contribution in [1.82, 2.24) is 10.0 Å². The molecule has 0 saturated heterocycles. The zero-order chi connectivity index (χ0) is 21.3. The monoisotopic (exact) mass is 420 g/mol. The molecule has 0 bridgehead atoms. The fourth-order valence-electron chi connectivity index (χ4n) is 2.30. The standard InChI is InChI=1S/C20H24N2O6S/c1-15(2)22-29(25,26)18-10-8-16(9-11-18)20(24)21-14-19(23)28-13-12-27-17-6-4-3-5-7-17/h3-11,15,22H,12-14H2,1-2H3,(H,21,24). The van der Waals surface area contributed by atoms with Crippen LogP contribution in [0.4, 0.5) is 0 Å². The Labute approximate surface area is 170 Å². The quantitative estimate of drug-likeness (QED) is 0.447. The van der Waals surface area contributed by atoms with Crippen molar-refractivity contribution in [3.63, 3.8) is 0 Å². The molecule has 156 valence electrons. The number of rotatable bonds is 10. The van der Waals surface area contributed by atoms with Crippen LogP contribution >= 0.6 is 0 Å². The lowest BCUT2D eigenvalue weighted by molar-refractivity contribution is -0.143. The average molecular weight is 420 g/mol. The van der Waals surface area contributed by atoms with Gasteiger partial charge in [-0.1, -0.05) is 18.2 Å². The highest BCUT2D eigenvalue weighted by atomic mass is 32.2. The van der Waals surface area contributed by atoms with Gasteiger partial charge in [-0.3, -0.25) is 9.59 Å². The van der Waals surface area contributed by atoms with Gasteiger partial charge in [-0.2, -0.15) is 0 Å². The molecule has 0 aliphatic heterocycles. The lowest BCUT2D eigenvalue weighted by Crippen LogP contribution is -2.31. The third-order valence-electron chi connectivity index (χ3n) is 3.57. The number of hydrogen-bond donors (Lipinski definition) is 2. The van der Waals surface area contributed by atoms with E-state index in [1.807, 2.05) is 18.2 Å². The Hall–Kier alpha value is -2.91. The van der Waals surface area contributed by atoms with Gasteiger partial charge in [0, 0.05) is 11.6 Å². The van der Waals surface area contributed by atoms with Crippen LogP contribution in [-0.2, 0) is 19.6 Å². The van der Waals surface area contributed by atoms with Gasteiger partial charge >= 0.3 is 5.97 Å². The number of ether oxygens (including phenoxy) is 2. The topological polar surface area (TPSA) is 111 Å². The number of carbonyl (C=O) groups is 2. The third-order valence-corrected chi connectivity index (χ3v) is 5.24. The van der Waals surface area contributed by atoms with Gasteiger partial charge in [-0.05, 0) is 50.2 Å². The second-order valence-electron chi connectivity index (χ2n) is 6.37. The molecule has 0 aliphatic carbocycles. The Morgan fingerprint density at radius 2 is 1.62 bits per heavy atom. The molecule has 0 radical (unpaired) electrons. The van der Waals surface area contributed by atoms with Crippen LogP contribution in [0.2, 0.25) is 0 Å². The Balaban J connectivity index is 1.74. The summed E-state index contributed by atoms with van der Waals surface area (Å²) in [6, 6.07) is 14.3. The van der Waals surface area contributed by atoms with Gasteiger partial charge in [-0.25, -0.2) is 13.1 Å². The molecule has 2 N–H and O–H groups in total. The first-order valence-corrected chi connectivity index (χ1v) is 10.5. The van der Waals surface area contributed by atoms with Gasteiger partial charge in [0.05, 0.1) is 4.90 Å². The first-order valence-electron chi connectivity index (χ1n) is 9.02. The number of benzene rings is 2. The molecule has 2 rings (SSSR count). The van der Waals surface area contributed by atoms with E-state index in [0.717, 1.165) is 0 Å². The van der Waals surface area contributed by atoms with Crippen LogP contribution in [0, 0.1) is 0 Å². The minimum atomic E-state index is -3.63. The molecule has 0 unspecified atom stereocenters. The first-order chi connectivity index (χ1) is 13.8. The molecule has 2 aromatic carbocycles. The molecule has 29 heavy (non-hydrogen) atoms. The summed E-state index contributed by atoms with van der Waals surface area (Å²) in [6.07, 6.45) is 0. The van der Waals surface area contributed by atoms with Crippen LogP contribution < -0.4 is 14.8 Å². The van der Waals surface area contributed by atoms with Gasteiger partial charge in [-0.15, -0.1) is 0 Å². The van der Waals surface area contributed by atoms with E-state index in [1.54, 1.807) is 26.0 Å². The molecule has 2 aromatic rings. The fraction of sp³-hybridized carbons (Fsp3) is 0.300. The number of carbonyl (C=O) groups excluding carboxylic acids is 2. The maximum atomic E-state index is 12.1. The molecule has 0 spiro atoms. The van der Waals surface area contributed by atoms with Crippen molar-refractivity contribution in [2.75, 3.05) is 19.8 Å². The first kappa shape index (κ1) is 22.4. The molecule has 9 heteroatoms. The third kappa shape index (κ3) is 7.55. The Morgan fingerprint density at radius 1 is 0.966 bits per heavy atom. The van der Waals surface area contributed by atoms with Crippen molar-refractivity contribution in [3.05, 3.63) is 60.2 Å². The van der Waals surface area contributed by atoms with E-state index in [4.69, 9.17) is 9.47 Å². The van der Waals surface area contributed by atoms with Crippen molar-refractivity contribution in [1.29, 1.82) is 0 Å². The van der Waals surface area contributed by atoms with E-state index in [1.165, 1.54) is 24.3 Å². The van der Waals surface area contributed by atoms with Crippen LogP contribution in [-0.4, -0.2) is 46.1 Å². The Bertz CT molecular complexity index is 912. The molecule has 0 atom stereocenters. The van der Waals surface area contributed by atoms with Crippen molar-refractivity contribution in [2.24, 2.45) is 0 Å². The highest BCUT2D eigenvalue weighted by Crippen LogP contribution is 2.11. The van der Waals surface area contributed by atoms with E-state index in [-0.39, 0.29) is 36.3 Å². The SMILES string of the molecule is CC(C)NS(=O)(=O)c1ccc(C(=O)NCC(=O)OCCOc2ccccc2)cc1. The van der Waals surface area contributed by atoms with Crippen LogP contribution in [0.25, 0.3) is 0 Å². The van der Waals surface area contributed by atoms with Gasteiger partial charge < -0.3 is 14.8 Å². The lowest BCUT2D eigenvalue weighted by Gasteiger charge is -2.10. The highest BCUT2D eigenvalue weighted by Gasteiger charge is 2.16. The Kier molecular flexibility index (Phi) is 8.17. The van der Waals surface area contributed by atoms with Crippen LogP contribution in [0.5, 0.6) is 5.75 Å². The summed E-state index contributed by atoms with van der Waals surface area (Å²) in [5.41, 5.74) is 0.230. The molecule has 0 aromatic heterocycles. The molecular weight excluding hydrogens is 396 g/mol. The van der Waals surface area contributed by atoms with Crippen molar-refractivity contribution in [3.8, 4) is 5.75 Å². The molecule has 1 amide bonds. The average Bonchev–Trinajstić information content (AvgIpc) is 2.69. The Morgan fingerprint density at radius 3 is 2.24 bits per heavy atom. The van der Waals surface area contributed by atoms with Gasteiger partial charge in [0.2, 0.25) is 10.0 Å². The molecule has 8 nitrogen and oxygen atoms in total. The molecule has 0 saturated carbocycles. The highest BCUT2D eigenvalue weighted by molar-refractivity contribution is 7.89. The number of amides is 1. The number of nitrogens with one attached hydrogen (secondary N) is 2. The van der Waals surface area contributed by atoms with E-state index in [9.17, 15) is 18.0 Å². The zero-order valence-corrected chi connectivity index (χ0v) is 17.1. The summed E-state index contributed by atoms with van der Waals surface area (Å²) in [6.45, 7) is 3.38. The number of hydrogen-bond acceptors (Lipinski definition) is 6. The number of para-hydroxylation sites is 1. The normalized spacial score (nSPS) is 11.1. The lowest BCUT2D eigenvalue weighted by atomic mass is 10.2. The maximum absolute atomic E-state index is 12.1. The second-order valence-corrected chi connectivity index (χ2v) is 8.08. The molecule has 0 fully saturated rings. The van der Waals surface area contributed by atoms with Crippen LogP contribution in [0.3, 0.4) is 0 Å². The summed E-state index contributed by atoms with van der Waals surface area (Å²) in [7, 11) is -3.63. The van der Waals surface area contributed by atoms with Crippen molar-refractivity contribution < 1.29 is 27.5 Å². The van der Waals surface area contributed by atoms with Crippen LogP contribution in [0.1, 0.15) is 24.2 Å². The van der Waals surface area contributed by atoms with Gasteiger partial charge in [0.25, 0.3) is 5.91 Å². The van der Waals surface area contributed by atoms with Crippen molar-refractivity contribution in [2.45, 2.75) is 24.8 Å². The molecule has 0 aliphatic rings. The number of sulfonamides is 1. The predicted molar refractivity (Wildman–Crippen MR) is 107 cm³/mol. The fourth-order valence-corrected chi connectivity index (χ4v) is 3.55. The zero-order valence-electron chi connectivity index (χ0n) is 16.3.